The molecule has 0 atom stereocenters. The van der Waals surface area contributed by atoms with Gasteiger partial charge >= 0.3 is 35.9 Å². The molecule has 4 nitrogen and oxygen atoms in total. The lowest BCUT2D eigenvalue weighted by Gasteiger charge is -2.33. The molecule has 0 aliphatic rings. The Balaban J connectivity index is 5.05. The fraction of sp³-hybridized carbons (Fsp3) is 0.538. The van der Waals surface area contributed by atoms with Crippen molar-refractivity contribution in [1.82, 2.24) is 0 Å². The molecular weight excluding hydrogens is 391 g/mol. The summed E-state index contributed by atoms with van der Waals surface area (Å²) < 4.78 is 117. The average Bonchev–Trinajstić information content (AvgIpc) is 2.44. The summed E-state index contributed by atoms with van der Waals surface area (Å²) in [5.74, 6) is -22.8. The van der Waals surface area contributed by atoms with E-state index in [0.717, 1.165) is 6.92 Å². The van der Waals surface area contributed by atoms with Crippen molar-refractivity contribution in [2.75, 3.05) is 6.61 Å². The van der Waals surface area contributed by atoms with Crippen LogP contribution in [0, 0.1) is 0 Å². The zero-order valence-corrected chi connectivity index (χ0v) is 12.8. The standard InChI is InChI=1S/C13H11F9O4/c1-6(8(23)24)5-7(2)9(25)26-4-3-10(14,15)11(16,17)12(18,19)13(20,21)22/h5H,2-4H2,1H3,(H,23,24)/b6-5+. The van der Waals surface area contributed by atoms with E-state index in [9.17, 15) is 49.1 Å². The molecule has 13 heteroatoms. The molecule has 0 fully saturated rings. The number of carbonyl (C=O) groups excluding carboxylic acids is 1. The normalized spacial score (nSPS) is 14.2. The Morgan fingerprint density at radius 1 is 1.00 bits per heavy atom. The maximum Gasteiger partial charge on any atom is 0.460 e. The van der Waals surface area contributed by atoms with E-state index in [1.807, 2.05) is 0 Å². The van der Waals surface area contributed by atoms with Crippen LogP contribution in [0.2, 0.25) is 0 Å². The number of halogens is 9. The molecule has 0 aliphatic heterocycles. The van der Waals surface area contributed by atoms with Crippen LogP contribution in [-0.4, -0.2) is 47.6 Å². The van der Waals surface area contributed by atoms with Crippen LogP contribution in [0.1, 0.15) is 13.3 Å². The summed E-state index contributed by atoms with van der Waals surface area (Å²) in [6, 6.07) is 0. The molecule has 0 aromatic rings. The third-order valence-corrected chi connectivity index (χ3v) is 2.85. The van der Waals surface area contributed by atoms with Crippen LogP contribution >= 0.6 is 0 Å². The van der Waals surface area contributed by atoms with Crippen molar-refractivity contribution in [3.8, 4) is 0 Å². The largest absolute Gasteiger partial charge is 0.478 e. The minimum absolute atomic E-state index is 0.436. The lowest BCUT2D eigenvalue weighted by atomic mass is 10.0. The summed E-state index contributed by atoms with van der Waals surface area (Å²) in [6.07, 6.45) is -8.66. The fourth-order valence-corrected chi connectivity index (χ4v) is 1.31. The first kappa shape index (κ1) is 23.8. The third-order valence-electron chi connectivity index (χ3n) is 2.85. The van der Waals surface area contributed by atoms with Crippen LogP contribution < -0.4 is 0 Å². The molecule has 0 heterocycles. The Morgan fingerprint density at radius 3 is 1.85 bits per heavy atom. The van der Waals surface area contributed by atoms with Gasteiger partial charge in [0.25, 0.3) is 0 Å². The summed E-state index contributed by atoms with van der Waals surface area (Å²) in [6.45, 7) is 2.34. The van der Waals surface area contributed by atoms with Gasteiger partial charge in [-0.25, -0.2) is 9.59 Å². The molecule has 1 N–H and O–H groups in total. The van der Waals surface area contributed by atoms with Crippen molar-refractivity contribution in [3.63, 3.8) is 0 Å². The predicted molar refractivity (Wildman–Crippen MR) is 67.0 cm³/mol. The second-order valence-electron chi connectivity index (χ2n) is 4.89. The van der Waals surface area contributed by atoms with Crippen molar-refractivity contribution in [1.29, 1.82) is 0 Å². The van der Waals surface area contributed by atoms with Gasteiger partial charge in [-0.1, -0.05) is 6.58 Å². The lowest BCUT2D eigenvalue weighted by Crippen LogP contribution is -2.61. The van der Waals surface area contributed by atoms with Crippen molar-refractivity contribution in [2.45, 2.75) is 37.3 Å². The topological polar surface area (TPSA) is 63.6 Å². The summed E-state index contributed by atoms with van der Waals surface area (Å²) >= 11 is 0. The zero-order valence-electron chi connectivity index (χ0n) is 12.8. The van der Waals surface area contributed by atoms with Crippen LogP contribution in [0.15, 0.2) is 23.8 Å². The van der Waals surface area contributed by atoms with E-state index in [-0.39, 0.29) is 0 Å². The van der Waals surface area contributed by atoms with Crippen LogP contribution in [0.3, 0.4) is 0 Å². The predicted octanol–water partition coefficient (Wildman–Crippen LogP) is 3.98. The van der Waals surface area contributed by atoms with Crippen molar-refractivity contribution in [2.24, 2.45) is 0 Å². The minimum atomic E-state index is -7.03. The molecule has 0 unspecified atom stereocenters. The molecule has 0 spiro atoms. The summed E-state index contributed by atoms with van der Waals surface area (Å²) in [5.41, 5.74) is -1.14. The second-order valence-corrected chi connectivity index (χ2v) is 4.89. The van der Waals surface area contributed by atoms with Gasteiger partial charge in [0, 0.05) is 5.57 Å². The van der Waals surface area contributed by atoms with Gasteiger partial charge in [-0.2, -0.15) is 39.5 Å². The highest BCUT2D eigenvalue weighted by Crippen LogP contribution is 2.53. The molecular formula is C13H11F9O4. The molecule has 26 heavy (non-hydrogen) atoms. The number of ether oxygens (including phenoxy) is 1. The summed E-state index contributed by atoms with van der Waals surface area (Å²) in [5, 5.41) is 8.52. The Bertz CT molecular complexity index is 605. The van der Waals surface area contributed by atoms with Gasteiger partial charge < -0.3 is 9.84 Å². The number of carboxylic acid groups (broad SMARTS) is 1. The smallest absolute Gasteiger partial charge is 0.460 e. The molecule has 0 rings (SSSR count). The monoisotopic (exact) mass is 402 g/mol. The second kappa shape index (κ2) is 7.58. The van der Waals surface area contributed by atoms with Crippen molar-refractivity contribution >= 4 is 11.9 Å². The number of rotatable bonds is 8. The fourth-order valence-electron chi connectivity index (χ4n) is 1.31. The Kier molecular flexibility index (Phi) is 6.93. The third kappa shape index (κ3) is 4.91. The molecule has 0 aliphatic carbocycles. The molecule has 0 radical (unpaired) electrons. The maximum absolute atomic E-state index is 13.2. The highest BCUT2D eigenvalue weighted by molar-refractivity contribution is 5.94. The Labute approximate surface area is 139 Å². The number of esters is 1. The molecule has 0 aromatic heterocycles. The quantitative estimate of drug-likeness (QED) is 0.289. The first-order valence-electron chi connectivity index (χ1n) is 6.36. The van der Waals surface area contributed by atoms with E-state index in [1.54, 1.807) is 0 Å². The van der Waals surface area contributed by atoms with Crippen molar-refractivity contribution in [3.05, 3.63) is 23.8 Å². The molecule has 0 bridgehead atoms. The zero-order chi connectivity index (χ0) is 21.1. The highest BCUT2D eigenvalue weighted by Gasteiger charge is 2.81. The number of carboxylic acids is 1. The van der Waals surface area contributed by atoms with E-state index in [1.165, 1.54) is 0 Å². The van der Waals surface area contributed by atoms with Crippen LogP contribution in [0.25, 0.3) is 0 Å². The van der Waals surface area contributed by atoms with E-state index in [0.29, 0.717) is 6.08 Å². The molecule has 0 saturated carbocycles. The van der Waals surface area contributed by atoms with Crippen molar-refractivity contribution < 1.29 is 58.9 Å². The first-order chi connectivity index (χ1) is 11.4. The number of aliphatic carboxylic acids is 1. The molecule has 150 valence electrons. The molecule has 0 saturated heterocycles. The van der Waals surface area contributed by atoms with Crippen LogP contribution in [0.5, 0.6) is 0 Å². The lowest BCUT2D eigenvalue weighted by molar-refractivity contribution is -0.397. The van der Waals surface area contributed by atoms with E-state index < -0.39 is 60.1 Å². The van der Waals surface area contributed by atoms with Gasteiger partial charge in [-0.3, -0.25) is 0 Å². The van der Waals surface area contributed by atoms with Gasteiger partial charge in [-0.05, 0) is 13.0 Å². The number of alkyl halides is 9. The van der Waals surface area contributed by atoms with Gasteiger partial charge in [0.1, 0.15) is 0 Å². The van der Waals surface area contributed by atoms with Gasteiger partial charge in [0.15, 0.2) is 0 Å². The Morgan fingerprint density at radius 2 is 1.46 bits per heavy atom. The van der Waals surface area contributed by atoms with Gasteiger partial charge in [0.2, 0.25) is 0 Å². The van der Waals surface area contributed by atoms with E-state index in [2.05, 4.69) is 11.3 Å². The first-order valence-corrected chi connectivity index (χ1v) is 6.36. The van der Waals surface area contributed by atoms with Crippen LogP contribution in [-0.2, 0) is 14.3 Å². The van der Waals surface area contributed by atoms with E-state index in [4.69, 9.17) is 5.11 Å². The van der Waals surface area contributed by atoms with Crippen LogP contribution in [0.4, 0.5) is 39.5 Å². The maximum atomic E-state index is 13.2. The SMILES string of the molecule is C=C(/C=C(\C)C(=O)O)C(=O)OCCC(F)(F)C(F)(F)C(F)(F)C(F)(F)F. The average molecular weight is 402 g/mol. The number of hydrogen-bond donors (Lipinski definition) is 1. The summed E-state index contributed by atoms with van der Waals surface area (Å²) in [7, 11) is 0. The molecule has 0 aromatic carbocycles. The summed E-state index contributed by atoms with van der Waals surface area (Å²) in [4.78, 5) is 21.8. The Hall–Kier alpha value is -2.21. The minimum Gasteiger partial charge on any atom is -0.478 e. The van der Waals surface area contributed by atoms with Gasteiger partial charge in [0.05, 0.1) is 18.6 Å². The number of hydrogen-bond acceptors (Lipinski definition) is 3. The molecule has 0 amide bonds. The highest BCUT2D eigenvalue weighted by atomic mass is 19.4. The van der Waals surface area contributed by atoms with E-state index >= 15 is 0 Å². The number of carbonyl (C=O) groups is 2. The van der Waals surface area contributed by atoms with Gasteiger partial charge in [-0.15, -0.1) is 0 Å².